The Kier molecular flexibility index (Phi) is 4.85. The molecule has 1 aromatic heterocycles. The summed E-state index contributed by atoms with van der Waals surface area (Å²) in [7, 11) is 0. The van der Waals surface area contributed by atoms with Gasteiger partial charge in [-0.05, 0) is 30.2 Å². The Morgan fingerprint density at radius 2 is 1.68 bits per heavy atom. The highest BCUT2D eigenvalue weighted by atomic mass is 15.0. The van der Waals surface area contributed by atoms with E-state index in [2.05, 4.69) is 59.5 Å². The van der Waals surface area contributed by atoms with Gasteiger partial charge in [-0.2, -0.15) is 0 Å². The van der Waals surface area contributed by atoms with Crippen LogP contribution in [-0.4, -0.2) is 16.0 Å². The Balaban J connectivity index is 1.46. The molecule has 4 rings (SSSR count). The highest BCUT2D eigenvalue weighted by Gasteiger charge is 2.50. The van der Waals surface area contributed by atoms with Crippen LogP contribution in [0.3, 0.4) is 0 Å². The highest BCUT2D eigenvalue weighted by Crippen LogP contribution is 2.54. The first kappa shape index (κ1) is 16.7. The fourth-order valence-electron chi connectivity index (χ4n) is 4.87. The lowest BCUT2D eigenvalue weighted by atomic mass is 9.53. The van der Waals surface area contributed by atoms with Crippen molar-refractivity contribution >= 4 is 0 Å². The molecule has 2 fully saturated rings. The number of benzene rings is 1. The maximum atomic E-state index is 4.51. The molecular weight excluding hydrogens is 306 g/mol. The SMILES string of the molecule is CC(C)c1ncc(CN[C@H]2[C@@H]3CCCC[C@H]3[C@@H]2c2ccccc2)cn1. The molecule has 25 heavy (non-hydrogen) atoms. The molecule has 0 amide bonds. The van der Waals surface area contributed by atoms with E-state index in [1.165, 1.54) is 36.8 Å². The summed E-state index contributed by atoms with van der Waals surface area (Å²) in [4.78, 5) is 9.02. The van der Waals surface area contributed by atoms with Gasteiger partial charge in [0.2, 0.25) is 0 Å². The number of aromatic nitrogens is 2. The van der Waals surface area contributed by atoms with Crippen molar-refractivity contribution in [2.45, 2.75) is 64.0 Å². The molecule has 0 saturated heterocycles. The van der Waals surface area contributed by atoms with Gasteiger partial charge in [0, 0.05) is 42.4 Å². The van der Waals surface area contributed by atoms with E-state index in [0.29, 0.717) is 17.9 Å². The Labute approximate surface area is 151 Å². The van der Waals surface area contributed by atoms with E-state index in [1.807, 2.05) is 12.4 Å². The van der Waals surface area contributed by atoms with Crippen LogP contribution in [0.15, 0.2) is 42.7 Å². The van der Waals surface area contributed by atoms with Gasteiger partial charge >= 0.3 is 0 Å². The molecule has 4 atom stereocenters. The minimum atomic E-state index is 0.388. The summed E-state index contributed by atoms with van der Waals surface area (Å²) in [5, 5.41) is 3.85. The molecule has 2 saturated carbocycles. The van der Waals surface area contributed by atoms with Gasteiger partial charge in [0.15, 0.2) is 0 Å². The molecule has 1 heterocycles. The summed E-state index contributed by atoms with van der Waals surface area (Å²) < 4.78 is 0. The lowest BCUT2D eigenvalue weighted by Crippen LogP contribution is -2.57. The predicted molar refractivity (Wildman–Crippen MR) is 101 cm³/mol. The molecule has 0 unspecified atom stereocenters. The Hall–Kier alpha value is -1.74. The minimum absolute atomic E-state index is 0.388. The summed E-state index contributed by atoms with van der Waals surface area (Å²) in [6.07, 6.45) is 9.56. The Morgan fingerprint density at radius 3 is 2.36 bits per heavy atom. The number of rotatable bonds is 5. The van der Waals surface area contributed by atoms with E-state index in [0.717, 1.165) is 24.2 Å². The first-order valence-corrected chi connectivity index (χ1v) is 9.83. The topological polar surface area (TPSA) is 37.8 Å². The largest absolute Gasteiger partial charge is 0.309 e. The summed E-state index contributed by atoms with van der Waals surface area (Å²) in [6, 6.07) is 11.7. The van der Waals surface area contributed by atoms with Crippen LogP contribution in [0.4, 0.5) is 0 Å². The van der Waals surface area contributed by atoms with Crippen LogP contribution in [0.5, 0.6) is 0 Å². The van der Waals surface area contributed by atoms with Crippen LogP contribution in [-0.2, 0) is 6.54 Å². The van der Waals surface area contributed by atoms with Crippen molar-refractivity contribution < 1.29 is 0 Å². The second kappa shape index (κ2) is 7.25. The van der Waals surface area contributed by atoms with Crippen molar-refractivity contribution in [1.29, 1.82) is 0 Å². The number of nitrogens with one attached hydrogen (secondary N) is 1. The van der Waals surface area contributed by atoms with Crippen LogP contribution < -0.4 is 5.32 Å². The molecule has 2 aromatic rings. The standard InChI is InChI=1S/C22H29N3/c1-15(2)22-24-13-16(14-25-22)12-23-21-19-11-7-6-10-18(19)20(21)17-8-4-3-5-9-17/h3-5,8-9,13-15,18-21,23H,6-7,10-12H2,1-2H3/t18-,19-,20+,21+/m1/s1. The molecule has 0 spiro atoms. The third-order valence-electron chi connectivity index (χ3n) is 6.15. The second-order valence-electron chi connectivity index (χ2n) is 8.06. The number of fused-ring (bicyclic) bond motifs is 1. The van der Waals surface area contributed by atoms with Gasteiger partial charge in [-0.1, -0.05) is 57.0 Å². The van der Waals surface area contributed by atoms with Gasteiger partial charge in [-0.25, -0.2) is 9.97 Å². The molecule has 132 valence electrons. The average Bonchev–Trinajstić information content (AvgIpc) is 2.64. The molecular formula is C22H29N3. The van der Waals surface area contributed by atoms with Gasteiger partial charge in [-0.3, -0.25) is 0 Å². The zero-order chi connectivity index (χ0) is 17.2. The summed E-state index contributed by atoms with van der Waals surface area (Å²) >= 11 is 0. The first-order valence-electron chi connectivity index (χ1n) is 9.83. The lowest BCUT2D eigenvalue weighted by molar-refractivity contribution is 0.0254. The van der Waals surface area contributed by atoms with Crippen LogP contribution in [0.2, 0.25) is 0 Å². The molecule has 2 aliphatic rings. The Morgan fingerprint density at radius 1 is 1.00 bits per heavy atom. The van der Waals surface area contributed by atoms with E-state index in [9.17, 15) is 0 Å². The van der Waals surface area contributed by atoms with Crippen molar-refractivity contribution in [2.75, 3.05) is 0 Å². The van der Waals surface area contributed by atoms with Crippen LogP contribution in [0, 0.1) is 11.8 Å². The number of nitrogens with zero attached hydrogens (tertiary/aromatic N) is 2. The molecule has 2 aliphatic carbocycles. The summed E-state index contributed by atoms with van der Waals surface area (Å²) in [5.74, 6) is 3.70. The first-order chi connectivity index (χ1) is 12.2. The third kappa shape index (κ3) is 3.35. The van der Waals surface area contributed by atoms with E-state index in [-0.39, 0.29) is 0 Å². The van der Waals surface area contributed by atoms with Crippen LogP contribution >= 0.6 is 0 Å². The zero-order valence-electron chi connectivity index (χ0n) is 15.4. The minimum Gasteiger partial charge on any atom is -0.309 e. The van der Waals surface area contributed by atoms with Crippen molar-refractivity contribution in [3.05, 3.63) is 59.7 Å². The van der Waals surface area contributed by atoms with Gasteiger partial charge in [-0.15, -0.1) is 0 Å². The molecule has 0 bridgehead atoms. The molecule has 0 aliphatic heterocycles. The number of hydrogen-bond donors (Lipinski definition) is 1. The molecule has 3 heteroatoms. The highest BCUT2D eigenvalue weighted by molar-refractivity contribution is 5.28. The monoisotopic (exact) mass is 335 g/mol. The third-order valence-corrected chi connectivity index (χ3v) is 6.15. The fourth-order valence-corrected chi connectivity index (χ4v) is 4.87. The normalized spacial score (nSPS) is 28.4. The van der Waals surface area contributed by atoms with Gasteiger partial charge < -0.3 is 5.32 Å². The van der Waals surface area contributed by atoms with E-state index >= 15 is 0 Å². The molecule has 1 N–H and O–H groups in total. The van der Waals surface area contributed by atoms with E-state index < -0.39 is 0 Å². The molecule has 1 aromatic carbocycles. The number of hydrogen-bond acceptors (Lipinski definition) is 3. The summed E-state index contributed by atoms with van der Waals surface area (Å²) in [6.45, 7) is 5.14. The van der Waals surface area contributed by atoms with Gasteiger partial charge in [0.05, 0.1) is 0 Å². The maximum absolute atomic E-state index is 4.51. The average molecular weight is 335 g/mol. The Bertz CT molecular complexity index is 680. The van der Waals surface area contributed by atoms with Crippen LogP contribution in [0.1, 0.15) is 68.3 Å². The molecule has 0 radical (unpaired) electrons. The lowest BCUT2D eigenvalue weighted by Gasteiger charge is -2.55. The second-order valence-corrected chi connectivity index (χ2v) is 8.06. The zero-order valence-corrected chi connectivity index (χ0v) is 15.4. The van der Waals surface area contributed by atoms with Gasteiger partial charge in [0.1, 0.15) is 5.82 Å². The van der Waals surface area contributed by atoms with Crippen molar-refractivity contribution in [3.63, 3.8) is 0 Å². The smallest absolute Gasteiger partial charge is 0.130 e. The summed E-state index contributed by atoms with van der Waals surface area (Å²) in [5.41, 5.74) is 2.70. The van der Waals surface area contributed by atoms with Crippen molar-refractivity contribution in [3.8, 4) is 0 Å². The van der Waals surface area contributed by atoms with Gasteiger partial charge in [0.25, 0.3) is 0 Å². The maximum Gasteiger partial charge on any atom is 0.130 e. The van der Waals surface area contributed by atoms with Crippen LogP contribution in [0.25, 0.3) is 0 Å². The van der Waals surface area contributed by atoms with Crippen molar-refractivity contribution in [1.82, 2.24) is 15.3 Å². The van der Waals surface area contributed by atoms with Crippen molar-refractivity contribution in [2.24, 2.45) is 11.8 Å². The quantitative estimate of drug-likeness (QED) is 0.863. The fraction of sp³-hybridized carbons (Fsp3) is 0.545. The van der Waals surface area contributed by atoms with E-state index in [4.69, 9.17) is 0 Å². The predicted octanol–water partition coefficient (Wildman–Crippen LogP) is 4.66. The molecule has 3 nitrogen and oxygen atoms in total. The van der Waals surface area contributed by atoms with E-state index in [1.54, 1.807) is 0 Å².